The summed E-state index contributed by atoms with van der Waals surface area (Å²) >= 11 is 0. The van der Waals surface area contributed by atoms with Crippen LogP contribution in [0.5, 0.6) is 0 Å². The Hall–Kier alpha value is -1.36. The number of carbonyl (C=O) groups excluding carboxylic acids is 2. The molecule has 31 heavy (non-hydrogen) atoms. The fraction of sp³-hybridized carbons (Fsp3) is 0.846. The average Bonchev–Trinajstić information content (AvgIpc) is 3.04. The Bertz CT molecular complexity index is 759. The highest BCUT2D eigenvalue weighted by atomic mass is 16.6. The second-order valence-corrected chi connectivity index (χ2v) is 11.3. The van der Waals surface area contributed by atoms with E-state index in [1.165, 1.54) is 38.7 Å². The quantitative estimate of drug-likeness (QED) is 0.516. The fourth-order valence-electron chi connectivity index (χ4n) is 8.46. The number of rotatable bonds is 4. The number of aliphatic hydroxyl groups excluding tert-OH is 1. The van der Waals surface area contributed by atoms with Crippen molar-refractivity contribution in [1.29, 1.82) is 0 Å². The third-order valence-electron chi connectivity index (χ3n) is 9.82. The first-order valence-electron chi connectivity index (χ1n) is 12.3. The van der Waals surface area contributed by atoms with Crippen LogP contribution in [0.3, 0.4) is 0 Å². The molecule has 174 valence electrons. The lowest BCUT2D eigenvalue weighted by Gasteiger charge is -2.60. The van der Waals surface area contributed by atoms with Crippen LogP contribution in [0.15, 0.2) is 11.6 Å². The third kappa shape index (κ3) is 3.65. The van der Waals surface area contributed by atoms with Gasteiger partial charge in [-0.15, -0.1) is 0 Å². The van der Waals surface area contributed by atoms with Crippen molar-refractivity contribution in [2.45, 2.75) is 91.8 Å². The van der Waals surface area contributed by atoms with Crippen molar-refractivity contribution in [3.8, 4) is 0 Å². The fourth-order valence-corrected chi connectivity index (χ4v) is 8.46. The van der Waals surface area contributed by atoms with Gasteiger partial charge >= 0.3 is 11.9 Å². The lowest BCUT2D eigenvalue weighted by atomic mass is 9.46. The zero-order valence-corrected chi connectivity index (χ0v) is 19.9. The van der Waals surface area contributed by atoms with Gasteiger partial charge in [0.2, 0.25) is 0 Å². The van der Waals surface area contributed by atoms with E-state index in [0.29, 0.717) is 36.0 Å². The maximum Gasteiger partial charge on any atom is 0.302 e. The van der Waals surface area contributed by atoms with Crippen molar-refractivity contribution in [1.82, 2.24) is 0 Å². The first-order chi connectivity index (χ1) is 14.6. The molecule has 1 N–H and O–H groups in total. The first kappa shape index (κ1) is 22.8. The van der Waals surface area contributed by atoms with Crippen LogP contribution in [0.1, 0.15) is 79.6 Å². The van der Waals surface area contributed by atoms with Crippen molar-refractivity contribution in [3.63, 3.8) is 0 Å². The van der Waals surface area contributed by atoms with Crippen LogP contribution >= 0.6 is 0 Å². The summed E-state index contributed by atoms with van der Waals surface area (Å²) in [6.07, 6.45) is 9.09. The van der Waals surface area contributed by atoms with Gasteiger partial charge in [-0.25, -0.2) is 0 Å². The van der Waals surface area contributed by atoms with E-state index < -0.39 is 0 Å². The highest BCUT2D eigenvalue weighted by Gasteiger charge is 2.62. The van der Waals surface area contributed by atoms with E-state index in [4.69, 9.17) is 9.47 Å². The summed E-state index contributed by atoms with van der Waals surface area (Å²) < 4.78 is 11.5. The van der Waals surface area contributed by atoms with Crippen molar-refractivity contribution in [2.24, 2.45) is 40.4 Å². The number of ether oxygens (including phenoxy) is 2. The summed E-state index contributed by atoms with van der Waals surface area (Å²) in [4.78, 5) is 23.6. The number of allylic oxidation sites excluding steroid dienone is 1. The highest BCUT2D eigenvalue weighted by molar-refractivity contribution is 5.67. The Kier molecular flexibility index (Phi) is 6.04. The molecule has 0 amide bonds. The van der Waals surface area contributed by atoms with Crippen LogP contribution in [0.2, 0.25) is 0 Å². The zero-order valence-electron chi connectivity index (χ0n) is 19.9. The predicted molar refractivity (Wildman–Crippen MR) is 118 cm³/mol. The maximum absolute atomic E-state index is 12.0. The van der Waals surface area contributed by atoms with E-state index in [1.807, 2.05) is 0 Å². The van der Waals surface area contributed by atoms with E-state index >= 15 is 0 Å². The minimum absolute atomic E-state index is 0.187. The Morgan fingerprint density at radius 1 is 1.13 bits per heavy atom. The van der Waals surface area contributed by atoms with Crippen LogP contribution in [-0.4, -0.2) is 35.9 Å². The molecule has 9 atom stereocenters. The topological polar surface area (TPSA) is 72.8 Å². The van der Waals surface area contributed by atoms with Crippen molar-refractivity contribution >= 4 is 11.9 Å². The molecule has 4 aliphatic carbocycles. The molecule has 0 aromatic heterocycles. The molecule has 5 nitrogen and oxygen atoms in total. The monoisotopic (exact) mass is 432 g/mol. The number of aliphatic hydroxyl groups is 1. The molecule has 5 heteroatoms. The van der Waals surface area contributed by atoms with Crippen molar-refractivity contribution < 1.29 is 24.2 Å². The molecule has 3 fully saturated rings. The van der Waals surface area contributed by atoms with Crippen molar-refractivity contribution in [2.75, 3.05) is 6.61 Å². The second kappa shape index (κ2) is 8.20. The van der Waals surface area contributed by atoms with Crippen molar-refractivity contribution in [3.05, 3.63) is 11.6 Å². The van der Waals surface area contributed by atoms with E-state index in [0.717, 1.165) is 19.3 Å². The molecule has 0 spiro atoms. The molecule has 0 aliphatic heterocycles. The number of carbonyl (C=O) groups is 2. The minimum Gasteiger partial charge on any atom is -0.462 e. The summed E-state index contributed by atoms with van der Waals surface area (Å²) in [5.41, 5.74) is 1.42. The van der Waals surface area contributed by atoms with Crippen LogP contribution < -0.4 is 0 Å². The molecule has 0 radical (unpaired) electrons. The van der Waals surface area contributed by atoms with Gasteiger partial charge < -0.3 is 14.6 Å². The molecule has 0 saturated heterocycles. The third-order valence-corrected chi connectivity index (χ3v) is 9.82. The number of hydrogen-bond acceptors (Lipinski definition) is 5. The lowest BCUT2D eigenvalue weighted by Crippen LogP contribution is -2.57. The molecule has 4 rings (SSSR count). The van der Waals surface area contributed by atoms with E-state index in [1.54, 1.807) is 0 Å². The summed E-state index contributed by atoms with van der Waals surface area (Å²) in [5.74, 6) is 2.14. The van der Waals surface area contributed by atoms with Crippen LogP contribution in [0, 0.1) is 40.4 Å². The molecule has 2 unspecified atom stereocenters. The SMILES string of the molecule is CC(=O)OC1CC2=CC[C@H]3[C@@H]4CC[C@H]([C@H](C)CO)[C@@]4(C)CC[C@@H]3[C@@]2(C)C(OC(C)=O)C1. The van der Waals surface area contributed by atoms with E-state index in [9.17, 15) is 14.7 Å². The van der Waals surface area contributed by atoms with Crippen LogP contribution in [0.25, 0.3) is 0 Å². The molecule has 4 aliphatic rings. The molecule has 0 bridgehead atoms. The Morgan fingerprint density at radius 2 is 1.84 bits per heavy atom. The van der Waals surface area contributed by atoms with E-state index in [2.05, 4.69) is 26.8 Å². The Morgan fingerprint density at radius 3 is 2.48 bits per heavy atom. The zero-order chi connectivity index (χ0) is 22.6. The smallest absolute Gasteiger partial charge is 0.302 e. The van der Waals surface area contributed by atoms with Gasteiger partial charge in [0.05, 0.1) is 0 Å². The minimum atomic E-state index is -0.270. The maximum atomic E-state index is 12.0. The van der Waals surface area contributed by atoms with Gasteiger partial charge in [-0.1, -0.05) is 32.4 Å². The van der Waals surface area contributed by atoms with Gasteiger partial charge in [-0.2, -0.15) is 0 Å². The molecule has 0 aromatic carbocycles. The average molecular weight is 433 g/mol. The number of esters is 2. The van der Waals surface area contributed by atoms with Gasteiger partial charge in [0.1, 0.15) is 12.2 Å². The van der Waals surface area contributed by atoms with Gasteiger partial charge in [-0.05, 0) is 67.1 Å². The van der Waals surface area contributed by atoms with Gasteiger partial charge in [-0.3, -0.25) is 9.59 Å². The van der Waals surface area contributed by atoms with Gasteiger partial charge in [0.25, 0.3) is 0 Å². The largest absolute Gasteiger partial charge is 0.462 e. The summed E-state index contributed by atoms with van der Waals surface area (Å²) in [6.45, 7) is 10.2. The normalized spacial score (nSPS) is 44.9. The summed E-state index contributed by atoms with van der Waals surface area (Å²) in [7, 11) is 0. The van der Waals surface area contributed by atoms with Gasteiger partial charge in [0.15, 0.2) is 0 Å². The predicted octanol–water partition coefficient (Wildman–Crippen LogP) is 4.67. The molecular weight excluding hydrogens is 392 g/mol. The molecule has 0 heterocycles. The molecule has 3 saturated carbocycles. The summed E-state index contributed by atoms with van der Waals surface area (Å²) in [5, 5.41) is 9.84. The van der Waals surface area contributed by atoms with Crippen LogP contribution in [0.4, 0.5) is 0 Å². The second-order valence-electron chi connectivity index (χ2n) is 11.3. The Balaban J connectivity index is 1.66. The number of hydrogen-bond donors (Lipinski definition) is 1. The lowest BCUT2D eigenvalue weighted by molar-refractivity contribution is -0.172. The van der Waals surface area contributed by atoms with E-state index in [-0.39, 0.29) is 41.6 Å². The Labute approximate surface area is 186 Å². The molecular formula is C26H40O5. The molecule has 0 aromatic rings. The number of fused-ring (bicyclic) bond motifs is 5. The van der Waals surface area contributed by atoms with Crippen LogP contribution in [-0.2, 0) is 19.1 Å². The summed E-state index contributed by atoms with van der Waals surface area (Å²) in [6, 6.07) is 0. The van der Waals surface area contributed by atoms with Gasteiger partial charge in [0, 0.05) is 38.7 Å². The highest BCUT2D eigenvalue weighted by Crippen LogP contribution is 2.67. The standard InChI is InChI=1S/C26H40O5/c1-15(14-27)21-8-9-22-20-7-6-18-12-19(30-16(2)28)13-24(31-17(3)29)26(18,5)23(20)10-11-25(21,22)4/h6,15,19-24,27H,7-14H2,1-5H3/t15-,19?,20+,21-,22+,23+,24?,25-,26+/m1/s1. The first-order valence-corrected chi connectivity index (χ1v) is 12.3.